The number of ether oxygens (including phenoxy) is 1. The molecule has 0 amide bonds. The molecule has 1 unspecified atom stereocenters. The van der Waals surface area contributed by atoms with Gasteiger partial charge in [0.1, 0.15) is 11.9 Å². The van der Waals surface area contributed by atoms with E-state index < -0.39 is 0 Å². The maximum absolute atomic E-state index is 11.1. The van der Waals surface area contributed by atoms with Gasteiger partial charge in [-0.2, -0.15) is 0 Å². The van der Waals surface area contributed by atoms with E-state index in [1.165, 1.54) is 0 Å². The highest BCUT2D eigenvalue weighted by Crippen LogP contribution is 2.18. The molecule has 0 saturated heterocycles. The summed E-state index contributed by atoms with van der Waals surface area (Å²) in [6.07, 6.45) is 2.41. The molecule has 0 N–H and O–H groups in total. The lowest BCUT2D eigenvalue weighted by atomic mass is 9.96. The number of carbonyl (C=O) groups excluding carboxylic acids is 2. The van der Waals surface area contributed by atoms with Crippen LogP contribution in [0.25, 0.3) is 0 Å². The topological polar surface area (TPSA) is 43.4 Å². The number of carbonyl (C=O) groups is 2. The predicted molar refractivity (Wildman–Crippen MR) is 48.2 cm³/mol. The predicted octanol–water partition coefficient (Wildman–Crippen LogP) is 1.62. The largest absolute Gasteiger partial charge is 0.459 e. The molecule has 0 aromatic rings. The molecule has 3 heteroatoms. The Morgan fingerprint density at radius 3 is 2.85 bits per heavy atom. The molecule has 1 rings (SSSR count). The molecule has 0 bridgehead atoms. The van der Waals surface area contributed by atoms with Gasteiger partial charge >= 0.3 is 5.97 Å². The zero-order valence-electron chi connectivity index (χ0n) is 7.84. The van der Waals surface area contributed by atoms with Gasteiger partial charge in [-0.1, -0.05) is 6.58 Å². The van der Waals surface area contributed by atoms with E-state index in [0.717, 1.165) is 12.8 Å². The lowest BCUT2D eigenvalue weighted by Gasteiger charge is -2.20. The van der Waals surface area contributed by atoms with Crippen molar-refractivity contribution < 1.29 is 14.3 Å². The molecule has 1 aliphatic rings. The highest BCUT2D eigenvalue weighted by Gasteiger charge is 2.22. The molecule has 0 heterocycles. The minimum atomic E-state index is -0.389. The van der Waals surface area contributed by atoms with Crippen LogP contribution in [-0.2, 0) is 14.3 Å². The fraction of sp³-hybridized carbons (Fsp3) is 0.600. The molecular formula is C10H14O3. The second-order valence-corrected chi connectivity index (χ2v) is 3.44. The first kappa shape index (κ1) is 9.96. The van der Waals surface area contributed by atoms with Gasteiger partial charge in [0.2, 0.25) is 0 Å². The van der Waals surface area contributed by atoms with Crippen molar-refractivity contribution in [3.63, 3.8) is 0 Å². The first-order chi connectivity index (χ1) is 6.09. The van der Waals surface area contributed by atoms with Gasteiger partial charge in [-0.3, -0.25) is 4.79 Å². The normalized spacial score (nSPS) is 22.5. The highest BCUT2D eigenvalue weighted by atomic mass is 16.5. The van der Waals surface area contributed by atoms with Crippen molar-refractivity contribution in [2.75, 3.05) is 0 Å². The molecule has 1 fully saturated rings. The first-order valence-corrected chi connectivity index (χ1v) is 4.48. The molecule has 0 aliphatic heterocycles. The monoisotopic (exact) mass is 182 g/mol. The molecule has 1 saturated carbocycles. The van der Waals surface area contributed by atoms with Gasteiger partial charge in [0.25, 0.3) is 0 Å². The van der Waals surface area contributed by atoms with Gasteiger partial charge in [-0.05, 0) is 19.8 Å². The smallest absolute Gasteiger partial charge is 0.333 e. The Bertz CT molecular complexity index is 243. The van der Waals surface area contributed by atoms with Crippen molar-refractivity contribution in [2.45, 2.75) is 38.7 Å². The van der Waals surface area contributed by atoms with Crippen LogP contribution in [0.4, 0.5) is 0 Å². The Hall–Kier alpha value is -1.12. The summed E-state index contributed by atoms with van der Waals surface area (Å²) in [5, 5.41) is 0. The van der Waals surface area contributed by atoms with Gasteiger partial charge in [0.05, 0.1) is 0 Å². The van der Waals surface area contributed by atoms with Gasteiger partial charge in [-0.15, -0.1) is 0 Å². The minimum Gasteiger partial charge on any atom is -0.459 e. The molecule has 0 aromatic carbocycles. The van der Waals surface area contributed by atoms with Gasteiger partial charge in [-0.25, -0.2) is 4.79 Å². The van der Waals surface area contributed by atoms with Crippen LogP contribution in [0.1, 0.15) is 32.6 Å². The highest BCUT2D eigenvalue weighted by molar-refractivity contribution is 5.87. The van der Waals surface area contributed by atoms with Crippen LogP contribution in [0.2, 0.25) is 0 Å². The number of Topliss-reactive ketones (excluding diaryl/α,β-unsaturated/α-hetero) is 1. The van der Waals surface area contributed by atoms with E-state index in [9.17, 15) is 9.59 Å². The van der Waals surface area contributed by atoms with Crippen molar-refractivity contribution in [1.82, 2.24) is 0 Å². The van der Waals surface area contributed by atoms with Crippen LogP contribution in [-0.4, -0.2) is 17.9 Å². The zero-order valence-corrected chi connectivity index (χ0v) is 7.84. The molecule has 1 atom stereocenters. The summed E-state index contributed by atoms with van der Waals surface area (Å²) in [6.45, 7) is 5.08. The van der Waals surface area contributed by atoms with Crippen LogP contribution in [0.15, 0.2) is 12.2 Å². The van der Waals surface area contributed by atoms with Crippen molar-refractivity contribution in [1.29, 1.82) is 0 Å². The molecule has 13 heavy (non-hydrogen) atoms. The fourth-order valence-electron chi connectivity index (χ4n) is 1.34. The molecule has 0 spiro atoms. The molecule has 0 radical (unpaired) electrons. The van der Waals surface area contributed by atoms with Crippen LogP contribution in [0.5, 0.6) is 0 Å². The van der Waals surface area contributed by atoms with Crippen molar-refractivity contribution in [3.05, 3.63) is 12.2 Å². The van der Waals surface area contributed by atoms with Crippen molar-refractivity contribution >= 4 is 11.8 Å². The van der Waals surface area contributed by atoms with Crippen LogP contribution in [0, 0.1) is 0 Å². The number of hydrogen-bond donors (Lipinski definition) is 0. The Kier molecular flexibility index (Phi) is 3.23. The third kappa shape index (κ3) is 3.01. The summed E-state index contributed by atoms with van der Waals surface area (Å²) in [7, 11) is 0. The molecule has 72 valence electrons. The zero-order chi connectivity index (χ0) is 9.84. The lowest BCUT2D eigenvalue weighted by Crippen LogP contribution is -2.25. The summed E-state index contributed by atoms with van der Waals surface area (Å²) >= 11 is 0. The standard InChI is InChI=1S/C10H14O3/c1-7(2)10(12)13-9-5-3-4-8(11)6-9/h9H,1,3-6H2,2H3. The van der Waals surface area contributed by atoms with Crippen LogP contribution < -0.4 is 0 Å². The Morgan fingerprint density at radius 2 is 2.31 bits per heavy atom. The summed E-state index contributed by atoms with van der Waals surface area (Å²) in [4.78, 5) is 22.1. The van der Waals surface area contributed by atoms with Crippen molar-refractivity contribution in [2.24, 2.45) is 0 Å². The number of rotatable bonds is 2. The van der Waals surface area contributed by atoms with Crippen LogP contribution >= 0.6 is 0 Å². The van der Waals surface area contributed by atoms with E-state index in [1.54, 1.807) is 6.92 Å². The first-order valence-electron chi connectivity index (χ1n) is 4.48. The lowest BCUT2D eigenvalue weighted by molar-refractivity contribution is -0.147. The van der Waals surface area contributed by atoms with E-state index in [0.29, 0.717) is 18.4 Å². The summed E-state index contributed by atoms with van der Waals surface area (Å²) < 4.78 is 5.06. The summed E-state index contributed by atoms with van der Waals surface area (Å²) in [5.74, 6) is -0.203. The number of hydrogen-bond acceptors (Lipinski definition) is 3. The SMILES string of the molecule is C=C(C)C(=O)OC1CCCC(=O)C1. The summed E-state index contributed by atoms with van der Waals surface area (Å²) in [5.41, 5.74) is 0.387. The summed E-state index contributed by atoms with van der Waals surface area (Å²) in [6, 6.07) is 0. The quantitative estimate of drug-likeness (QED) is 0.481. The third-order valence-electron chi connectivity index (χ3n) is 2.06. The second-order valence-electron chi connectivity index (χ2n) is 3.44. The number of ketones is 1. The van der Waals surface area contributed by atoms with Gasteiger partial charge in [0, 0.05) is 18.4 Å². The maximum atomic E-state index is 11.1. The maximum Gasteiger partial charge on any atom is 0.333 e. The average molecular weight is 182 g/mol. The second kappa shape index (κ2) is 4.21. The average Bonchev–Trinajstić information content (AvgIpc) is 2.04. The fourth-order valence-corrected chi connectivity index (χ4v) is 1.34. The third-order valence-corrected chi connectivity index (χ3v) is 2.06. The van der Waals surface area contributed by atoms with E-state index in [-0.39, 0.29) is 17.9 Å². The number of esters is 1. The van der Waals surface area contributed by atoms with Crippen LogP contribution in [0.3, 0.4) is 0 Å². The molecule has 0 aromatic heterocycles. The Labute approximate surface area is 77.8 Å². The van der Waals surface area contributed by atoms with Gasteiger partial charge < -0.3 is 4.74 Å². The minimum absolute atomic E-state index is 0.186. The van der Waals surface area contributed by atoms with E-state index >= 15 is 0 Å². The van der Waals surface area contributed by atoms with E-state index in [1.807, 2.05) is 0 Å². The molecular weight excluding hydrogens is 168 g/mol. The molecule has 3 nitrogen and oxygen atoms in total. The Morgan fingerprint density at radius 1 is 1.62 bits per heavy atom. The Balaban J connectivity index is 2.40. The van der Waals surface area contributed by atoms with Gasteiger partial charge in [0.15, 0.2) is 0 Å². The van der Waals surface area contributed by atoms with E-state index in [2.05, 4.69) is 6.58 Å². The van der Waals surface area contributed by atoms with E-state index in [4.69, 9.17) is 4.74 Å². The van der Waals surface area contributed by atoms with Crippen molar-refractivity contribution in [3.8, 4) is 0 Å². The molecule has 1 aliphatic carbocycles.